The van der Waals surface area contributed by atoms with Crippen LogP contribution >= 0.6 is 56.7 Å². The van der Waals surface area contributed by atoms with Crippen LogP contribution in [0.15, 0.2) is 467 Å². The maximum Gasteiger partial charge on any atom is 0.0554 e. The van der Waals surface area contributed by atoms with Crippen LogP contribution in [0.25, 0.3) is 134 Å². The van der Waals surface area contributed by atoms with Gasteiger partial charge in [-0.2, -0.15) is 0 Å². The van der Waals surface area contributed by atoms with Crippen molar-refractivity contribution in [3.63, 3.8) is 0 Å². The van der Waals surface area contributed by atoms with Crippen LogP contribution in [0.4, 0.5) is 85.3 Å². The van der Waals surface area contributed by atoms with E-state index in [0.29, 0.717) is 0 Å². The molecule has 25 rings (SSSR count). The van der Waals surface area contributed by atoms with Crippen molar-refractivity contribution in [1.82, 2.24) is 0 Å². The van der Waals surface area contributed by atoms with Crippen LogP contribution in [-0.2, 0) is 0 Å². The molecule has 0 bridgehead atoms. The third kappa shape index (κ3) is 15.6. The predicted octanol–water partition coefficient (Wildman–Crippen LogP) is 37.0. The van der Waals surface area contributed by atoms with Crippen LogP contribution in [0, 0.1) is 0 Å². The van der Waals surface area contributed by atoms with Gasteiger partial charge in [0.05, 0.1) is 5.69 Å². The molecule has 3 N–H and O–H groups in total. The maximum atomic E-state index is 3.65. The minimum absolute atomic E-state index is 1.08. The highest BCUT2D eigenvalue weighted by Gasteiger charge is 2.23. The minimum atomic E-state index is 1.08. The second kappa shape index (κ2) is 34.5. The Morgan fingerprint density at radius 2 is 0.426 bits per heavy atom. The summed E-state index contributed by atoms with van der Waals surface area (Å²) in [5.41, 5.74) is 21.8. The highest BCUT2D eigenvalue weighted by Crippen LogP contribution is 2.50. The SMILES string of the molecule is c1ccc(-c2ccc(Nc3ccc4sc5cc(N(c6ccccc6)c6ccc7sc8ccccc8c7c6)ccc5c4c3)cc2)cc1.c1ccc(N(c2ccccc2)c2ccc3c(c2)sc2ccc(Nc4ccc(-c5ccc6sc7ccccc7c6c5)cc4)cc23)cc1.c1ccc(Nc2ccc3sc4cc(N(c5ccccc5)c5ccccc5)c5ccccc5c4c3c2)cc1. The lowest BCUT2D eigenvalue weighted by Crippen LogP contribution is -2.10. The molecule has 11 heteroatoms. The monoisotopic (exact) mass is 1740 g/mol. The number of benzene rings is 20. The Morgan fingerprint density at radius 3 is 0.907 bits per heavy atom. The van der Waals surface area contributed by atoms with Crippen LogP contribution in [0.3, 0.4) is 0 Å². The zero-order valence-electron chi connectivity index (χ0n) is 69.8. The fourth-order valence-corrected chi connectivity index (χ4v) is 23.5. The second-order valence-corrected chi connectivity index (χ2v) is 37.6. The molecule has 0 saturated heterocycles. The van der Waals surface area contributed by atoms with Gasteiger partial charge in [-0.15, -0.1) is 56.7 Å². The molecule has 0 aliphatic heterocycles. The van der Waals surface area contributed by atoms with Gasteiger partial charge >= 0.3 is 0 Å². The van der Waals surface area contributed by atoms with Crippen LogP contribution in [-0.4, -0.2) is 0 Å². The van der Waals surface area contributed by atoms with E-state index in [0.717, 1.165) is 79.6 Å². The minimum Gasteiger partial charge on any atom is -0.356 e. The van der Waals surface area contributed by atoms with Gasteiger partial charge in [-0.05, 0) is 252 Å². The molecule has 612 valence electrons. The van der Waals surface area contributed by atoms with Crippen molar-refractivity contribution in [2.45, 2.75) is 0 Å². The van der Waals surface area contributed by atoms with Gasteiger partial charge in [0.15, 0.2) is 0 Å². The van der Waals surface area contributed by atoms with Crippen molar-refractivity contribution in [2.24, 2.45) is 0 Å². The molecular weight excluding hydrogens is 1660 g/mol. The van der Waals surface area contributed by atoms with Crippen molar-refractivity contribution < 1.29 is 0 Å². The predicted molar refractivity (Wildman–Crippen MR) is 565 cm³/mol. The van der Waals surface area contributed by atoms with E-state index < -0.39 is 0 Å². The number of anilines is 15. The van der Waals surface area contributed by atoms with Crippen LogP contribution in [0.2, 0.25) is 0 Å². The number of rotatable bonds is 17. The number of nitrogens with one attached hydrogen (secondary N) is 3. The van der Waals surface area contributed by atoms with E-state index in [1.807, 2.05) is 62.8 Å². The van der Waals surface area contributed by atoms with Gasteiger partial charge in [-0.1, -0.05) is 243 Å². The Kier molecular flexibility index (Phi) is 20.9. The van der Waals surface area contributed by atoms with Crippen molar-refractivity contribution in [1.29, 1.82) is 0 Å². The molecule has 129 heavy (non-hydrogen) atoms. The van der Waals surface area contributed by atoms with Gasteiger partial charge in [0.25, 0.3) is 0 Å². The lowest BCUT2D eigenvalue weighted by molar-refractivity contribution is 1.29. The van der Waals surface area contributed by atoms with E-state index in [9.17, 15) is 0 Å². The van der Waals surface area contributed by atoms with Gasteiger partial charge in [0.2, 0.25) is 0 Å². The first kappa shape index (κ1) is 78.3. The average Bonchev–Trinajstić information content (AvgIpc) is 1.61. The first-order valence-corrected chi connectivity index (χ1v) is 47.4. The molecule has 25 aromatic rings. The Labute approximate surface area is 767 Å². The Balaban J connectivity index is 0.000000111. The summed E-state index contributed by atoms with van der Waals surface area (Å²) in [6.45, 7) is 0. The topological polar surface area (TPSA) is 45.8 Å². The van der Waals surface area contributed by atoms with Gasteiger partial charge in [-0.3, -0.25) is 0 Å². The van der Waals surface area contributed by atoms with Gasteiger partial charge in [0, 0.05) is 186 Å². The van der Waals surface area contributed by atoms with Crippen molar-refractivity contribution in [3.8, 4) is 22.3 Å². The van der Waals surface area contributed by atoms with E-state index in [2.05, 4.69) is 492 Å². The lowest BCUT2D eigenvalue weighted by atomic mass is 10.0. The summed E-state index contributed by atoms with van der Waals surface area (Å²) >= 11 is 9.27. The van der Waals surface area contributed by atoms with E-state index in [-0.39, 0.29) is 0 Å². The van der Waals surface area contributed by atoms with Gasteiger partial charge < -0.3 is 30.7 Å². The molecule has 6 nitrogen and oxygen atoms in total. The number of fused-ring (bicyclic) bond motifs is 17. The van der Waals surface area contributed by atoms with E-state index >= 15 is 0 Å². The molecule has 0 saturated carbocycles. The zero-order valence-corrected chi connectivity index (χ0v) is 73.9. The molecule has 0 fully saturated rings. The molecule has 5 heterocycles. The number of nitrogens with zero attached hydrogens (tertiary/aromatic N) is 3. The van der Waals surface area contributed by atoms with Crippen molar-refractivity contribution >= 4 is 254 Å². The highest BCUT2D eigenvalue weighted by molar-refractivity contribution is 7.27. The number of hydrogen-bond acceptors (Lipinski definition) is 11. The molecule has 20 aromatic carbocycles. The molecule has 5 aromatic heterocycles. The van der Waals surface area contributed by atoms with Crippen molar-refractivity contribution in [2.75, 3.05) is 30.7 Å². The first-order valence-electron chi connectivity index (χ1n) is 43.3. The highest BCUT2D eigenvalue weighted by atomic mass is 32.1. The van der Waals surface area contributed by atoms with E-state index in [4.69, 9.17) is 0 Å². The number of thiophene rings is 5. The van der Waals surface area contributed by atoms with E-state index in [1.165, 1.54) is 140 Å². The number of hydrogen-bond donors (Lipinski definition) is 3. The standard InChI is InChI=1S/2C42H28N2S2.C34H24N2S/c1-3-9-32(10-4-1)44(33-11-5-2-6-12-33)34-21-22-36-38-26-31(20-24-41(38)46-42(36)27-34)43-30-18-15-28(16-19-30)29-17-23-40-37(25-29)35-13-7-8-14-39(35)45-40;1-3-9-28(10-4-1)29-15-17-30(18-16-29)43-31-19-23-40-37(25-31)36-22-20-34(27-42(36)46-40)44(32-11-5-2-6-12-32)33-21-24-41-38(26-33)35-13-7-8-14-39(35)45-41;1-4-12-24(13-5-1)35-25-20-21-32-30(22-25)34-29-19-11-10-18-28(29)31(23-33(34)37-32)36(26-14-6-2-7-15-26)27-16-8-3-9-17-27/h2*1-27,43H;1-23,35H. The zero-order chi connectivity index (χ0) is 85.5. The fraction of sp³-hybridized carbons (Fsp3) is 0. The third-order valence-corrected chi connectivity index (χ3v) is 29.7. The molecule has 0 aliphatic carbocycles. The van der Waals surface area contributed by atoms with Gasteiger partial charge in [-0.25, -0.2) is 0 Å². The van der Waals surface area contributed by atoms with Crippen LogP contribution in [0.1, 0.15) is 0 Å². The lowest BCUT2D eigenvalue weighted by Gasteiger charge is -2.27. The Bertz CT molecular complexity index is 8310. The average molecular weight is 1740 g/mol. The Morgan fingerprint density at radius 1 is 0.140 bits per heavy atom. The molecule has 0 radical (unpaired) electrons. The van der Waals surface area contributed by atoms with Gasteiger partial charge in [0.1, 0.15) is 0 Å². The molecule has 0 unspecified atom stereocenters. The second-order valence-electron chi connectivity index (χ2n) is 32.1. The summed E-state index contributed by atoms with van der Waals surface area (Å²) in [4.78, 5) is 7.07. The summed E-state index contributed by atoms with van der Waals surface area (Å²) in [5.74, 6) is 0. The van der Waals surface area contributed by atoms with Crippen molar-refractivity contribution in [3.05, 3.63) is 467 Å². The first-order chi connectivity index (χ1) is 63.9. The largest absolute Gasteiger partial charge is 0.356 e. The van der Waals surface area contributed by atoms with E-state index in [1.54, 1.807) is 0 Å². The molecule has 0 atom stereocenters. The summed E-state index contributed by atoms with van der Waals surface area (Å²) in [6.07, 6.45) is 0. The normalized spacial score (nSPS) is 11.4. The summed E-state index contributed by atoms with van der Waals surface area (Å²) in [6, 6.07) is 167. The molecule has 0 aliphatic rings. The summed E-state index contributed by atoms with van der Waals surface area (Å²) in [5, 5.41) is 26.3. The molecule has 0 spiro atoms. The van der Waals surface area contributed by atoms with Crippen LogP contribution in [0.5, 0.6) is 0 Å². The maximum absolute atomic E-state index is 3.65. The molecular formula is C118H80N6S5. The quantitative estimate of drug-likeness (QED) is 0.0845. The Hall–Kier alpha value is -15.4. The van der Waals surface area contributed by atoms with Crippen LogP contribution < -0.4 is 30.7 Å². The molecule has 0 amide bonds. The fourth-order valence-electron chi connectivity index (χ4n) is 18.0. The summed E-state index contributed by atoms with van der Waals surface area (Å²) in [7, 11) is 0. The number of para-hydroxylation sites is 6. The summed E-state index contributed by atoms with van der Waals surface area (Å²) < 4.78 is 13.0. The third-order valence-electron chi connectivity index (χ3n) is 24.0. The smallest absolute Gasteiger partial charge is 0.0554 e.